The van der Waals surface area contributed by atoms with E-state index in [1.807, 2.05) is 0 Å². The topological polar surface area (TPSA) is 55.8 Å². The van der Waals surface area contributed by atoms with E-state index in [0.29, 0.717) is 13.2 Å². The summed E-state index contributed by atoms with van der Waals surface area (Å²) in [4.78, 5) is 10.2. The second-order valence-corrected chi connectivity index (χ2v) is 3.73. The van der Waals surface area contributed by atoms with Crippen LogP contribution in [0.25, 0.3) is 0 Å². The smallest absolute Gasteiger partial charge is 0.304 e. The fraction of sp³-hybridized carbons (Fsp3) is 0.769. The summed E-state index contributed by atoms with van der Waals surface area (Å²) in [6, 6.07) is 0. The Morgan fingerprint density at radius 1 is 1.12 bits per heavy atom. The van der Waals surface area contributed by atoms with Crippen LogP contribution in [0.3, 0.4) is 0 Å². The lowest BCUT2D eigenvalue weighted by molar-refractivity contribution is -0.136. The van der Waals surface area contributed by atoms with Crippen LogP contribution in [0.5, 0.6) is 0 Å². The number of carboxylic acids is 1. The van der Waals surface area contributed by atoms with E-state index in [1.54, 1.807) is 7.11 Å². The zero-order valence-corrected chi connectivity index (χ0v) is 10.5. The van der Waals surface area contributed by atoms with E-state index in [-0.39, 0.29) is 6.42 Å². The van der Waals surface area contributed by atoms with Gasteiger partial charge in [-0.25, -0.2) is 0 Å². The van der Waals surface area contributed by atoms with Gasteiger partial charge < -0.3 is 14.6 Å². The van der Waals surface area contributed by atoms with Gasteiger partial charge in [0.1, 0.15) is 6.79 Å². The molecule has 0 aromatic heterocycles. The molecule has 0 rings (SSSR count). The maximum Gasteiger partial charge on any atom is 0.304 e. The minimum Gasteiger partial charge on any atom is -0.481 e. The number of hydrogen-bond acceptors (Lipinski definition) is 3. The van der Waals surface area contributed by atoms with Crippen LogP contribution in [0.4, 0.5) is 0 Å². The molecule has 0 bridgehead atoms. The van der Waals surface area contributed by atoms with Gasteiger partial charge in [0.05, 0.1) is 6.42 Å². The minimum atomic E-state index is -0.782. The largest absolute Gasteiger partial charge is 0.481 e. The Kier molecular flexibility index (Phi) is 12.2. The molecule has 0 saturated heterocycles. The van der Waals surface area contributed by atoms with E-state index in [0.717, 1.165) is 38.7 Å². The third-order valence-electron chi connectivity index (χ3n) is 2.13. The lowest BCUT2D eigenvalue weighted by atomic mass is 10.1. The average Bonchev–Trinajstić information content (AvgIpc) is 2.30. The molecule has 17 heavy (non-hydrogen) atoms. The van der Waals surface area contributed by atoms with Crippen molar-refractivity contribution in [3.05, 3.63) is 0 Å². The van der Waals surface area contributed by atoms with Crippen molar-refractivity contribution < 1.29 is 19.4 Å². The van der Waals surface area contributed by atoms with Crippen LogP contribution < -0.4 is 0 Å². The van der Waals surface area contributed by atoms with E-state index < -0.39 is 5.97 Å². The number of rotatable bonds is 10. The van der Waals surface area contributed by atoms with Gasteiger partial charge in [-0.1, -0.05) is 12.8 Å². The van der Waals surface area contributed by atoms with Gasteiger partial charge in [-0.05, 0) is 12.8 Å². The highest BCUT2D eigenvalue weighted by atomic mass is 16.7. The summed E-state index contributed by atoms with van der Waals surface area (Å²) in [6.45, 7) is 1.12. The van der Waals surface area contributed by atoms with Crippen LogP contribution >= 0.6 is 0 Å². The summed E-state index contributed by atoms with van der Waals surface area (Å²) in [5, 5.41) is 8.39. The molecule has 0 heterocycles. The maximum absolute atomic E-state index is 10.2. The third-order valence-corrected chi connectivity index (χ3v) is 2.13. The molecular formula is C13H22O4. The second-order valence-electron chi connectivity index (χ2n) is 3.73. The van der Waals surface area contributed by atoms with Gasteiger partial charge in [0.2, 0.25) is 0 Å². The first-order valence-corrected chi connectivity index (χ1v) is 6.01. The van der Waals surface area contributed by atoms with Gasteiger partial charge in [0.15, 0.2) is 0 Å². The average molecular weight is 242 g/mol. The zero-order valence-electron chi connectivity index (χ0n) is 10.5. The van der Waals surface area contributed by atoms with Crippen LogP contribution in [0.15, 0.2) is 0 Å². The summed E-state index contributed by atoms with van der Waals surface area (Å²) >= 11 is 0. The second kappa shape index (κ2) is 13.0. The van der Waals surface area contributed by atoms with Crippen molar-refractivity contribution >= 4 is 5.97 Å². The summed E-state index contributed by atoms with van der Waals surface area (Å²) in [5.41, 5.74) is 0. The monoisotopic (exact) mass is 242 g/mol. The number of methoxy groups -OCH3 is 1. The Morgan fingerprint density at radius 2 is 1.82 bits per heavy atom. The lowest BCUT2D eigenvalue weighted by Crippen LogP contribution is -1.98. The Balaban J connectivity index is 3.09. The lowest BCUT2D eigenvalue weighted by Gasteiger charge is -2.01. The van der Waals surface area contributed by atoms with Crippen molar-refractivity contribution in [2.75, 3.05) is 20.5 Å². The van der Waals surface area contributed by atoms with E-state index in [9.17, 15) is 4.79 Å². The highest BCUT2D eigenvalue weighted by Gasteiger charge is 1.92. The Morgan fingerprint density at radius 3 is 2.53 bits per heavy atom. The molecule has 4 heteroatoms. The van der Waals surface area contributed by atoms with Crippen molar-refractivity contribution in [3.63, 3.8) is 0 Å². The van der Waals surface area contributed by atoms with Crippen molar-refractivity contribution in [1.29, 1.82) is 0 Å². The number of aliphatic carboxylic acids is 1. The molecule has 0 aliphatic rings. The van der Waals surface area contributed by atoms with E-state index >= 15 is 0 Å². The number of unbranched alkanes of at least 4 members (excludes halogenated alkanes) is 4. The van der Waals surface area contributed by atoms with E-state index in [4.69, 9.17) is 14.6 Å². The van der Waals surface area contributed by atoms with Gasteiger partial charge >= 0.3 is 5.97 Å². The first-order valence-electron chi connectivity index (χ1n) is 6.01. The predicted molar refractivity (Wildman–Crippen MR) is 65.6 cm³/mol. The molecular weight excluding hydrogens is 220 g/mol. The van der Waals surface area contributed by atoms with Gasteiger partial charge in [-0.3, -0.25) is 4.79 Å². The van der Waals surface area contributed by atoms with Crippen molar-refractivity contribution in [1.82, 2.24) is 0 Å². The van der Waals surface area contributed by atoms with Crippen LogP contribution in [-0.4, -0.2) is 31.6 Å². The molecule has 0 unspecified atom stereocenters. The van der Waals surface area contributed by atoms with Gasteiger partial charge in [-0.15, -0.1) is 11.8 Å². The van der Waals surface area contributed by atoms with Crippen LogP contribution in [-0.2, 0) is 14.3 Å². The van der Waals surface area contributed by atoms with E-state index in [1.165, 1.54) is 0 Å². The van der Waals surface area contributed by atoms with Crippen molar-refractivity contribution in [2.24, 2.45) is 0 Å². The molecule has 0 radical (unpaired) electrons. The molecule has 0 aromatic rings. The number of carbonyl (C=O) groups is 1. The van der Waals surface area contributed by atoms with Crippen molar-refractivity contribution in [3.8, 4) is 11.8 Å². The van der Waals surface area contributed by atoms with Crippen molar-refractivity contribution in [2.45, 2.75) is 44.9 Å². The standard InChI is InChI=1S/C13H22O4/c1-16-12-17-11-9-7-5-3-2-4-6-8-10-13(14)15/h2-3,5,7-12H2,1H3,(H,14,15). The zero-order chi connectivity index (χ0) is 12.8. The highest BCUT2D eigenvalue weighted by molar-refractivity contribution is 5.66. The maximum atomic E-state index is 10.2. The molecule has 0 fully saturated rings. The molecule has 1 N–H and O–H groups in total. The summed E-state index contributed by atoms with van der Waals surface area (Å²) in [5.74, 6) is 5.07. The fourth-order valence-corrected chi connectivity index (χ4v) is 1.26. The van der Waals surface area contributed by atoms with Crippen LogP contribution in [0.1, 0.15) is 44.9 Å². The predicted octanol–water partition coefficient (Wildman–Crippen LogP) is 2.43. The summed E-state index contributed by atoms with van der Waals surface area (Å²) in [6.07, 6.45) is 5.87. The Labute approximate surface area is 103 Å². The molecule has 0 aromatic carbocycles. The molecule has 0 aliphatic carbocycles. The van der Waals surface area contributed by atoms with Gasteiger partial charge in [0, 0.05) is 26.6 Å². The minimum absolute atomic E-state index is 0.143. The van der Waals surface area contributed by atoms with Crippen LogP contribution in [0.2, 0.25) is 0 Å². The Bertz CT molecular complexity index is 240. The Hall–Kier alpha value is -1.05. The normalized spacial score (nSPS) is 9.71. The molecule has 0 atom stereocenters. The third kappa shape index (κ3) is 14.9. The number of hydrogen-bond donors (Lipinski definition) is 1. The fourth-order valence-electron chi connectivity index (χ4n) is 1.26. The summed E-state index contributed by atoms with van der Waals surface area (Å²) < 4.78 is 9.92. The van der Waals surface area contributed by atoms with Crippen LogP contribution in [0, 0.1) is 11.8 Å². The summed E-state index contributed by atoms with van der Waals surface area (Å²) in [7, 11) is 1.61. The first-order chi connectivity index (χ1) is 8.27. The van der Waals surface area contributed by atoms with E-state index in [2.05, 4.69) is 11.8 Å². The number of ether oxygens (including phenoxy) is 2. The SMILES string of the molecule is COCOCCCCCCC#CCCC(=O)O. The molecule has 4 nitrogen and oxygen atoms in total. The molecule has 0 aliphatic heterocycles. The molecule has 0 saturated carbocycles. The molecule has 0 amide bonds. The number of carboxylic acid groups (broad SMARTS) is 1. The molecule has 98 valence electrons. The quantitative estimate of drug-likeness (QED) is 0.363. The van der Waals surface area contributed by atoms with Gasteiger partial charge in [-0.2, -0.15) is 0 Å². The highest BCUT2D eigenvalue weighted by Crippen LogP contribution is 2.02. The first kappa shape index (κ1) is 16.0. The van der Waals surface area contributed by atoms with Gasteiger partial charge in [0.25, 0.3) is 0 Å². The molecule has 0 spiro atoms.